The Morgan fingerprint density at radius 3 is 2.57 bits per heavy atom. The maximum Gasteiger partial charge on any atom is 0.290 e. The number of nitrogens with zero attached hydrogens (tertiary/aromatic N) is 3. The number of hydrogen-bond donors (Lipinski definition) is 2. The molecule has 0 aliphatic carbocycles. The van der Waals surface area contributed by atoms with Crippen molar-refractivity contribution in [3.8, 4) is 0 Å². The van der Waals surface area contributed by atoms with Crippen molar-refractivity contribution in [2.75, 3.05) is 0 Å². The van der Waals surface area contributed by atoms with Crippen LogP contribution in [0.25, 0.3) is 10.8 Å². The zero-order chi connectivity index (χ0) is 21.3. The Balaban J connectivity index is 1.71. The third kappa shape index (κ3) is 5.28. The molecular weight excluding hydrogens is 382 g/mol. The van der Waals surface area contributed by atoms with Crippen molar-refractivity contribution in [1.29, 1.82) is 0 Å². The molecule has 1 aromatic carbocycles. The fourth-order valence-electron chi connectivity index (χ4n) is 3.12. The number of nitrogens with one attached hydrogen (secondary N) is 2. The van der Waals surface area contributed by atoms with Gasteiger partial charge in [-0.3, -0.25) is 30.2 Å². The number of benzene rings is 1. The highest BCUT2D eigenvalue weighted by Gasteiger charge is 2.17. The van der Waals surface area contributed by atoms with Crippen molar-refractivity contribution in [2.24, 2.45) is 0 Å². The molecular formula is C22H25N5O3. The molecule has 30 heavy (non-hydrogen) atoms. The van der Waals surface area contributed by atoms with Gasteiger partial charge in [0.25, 0.3) is 11.5 Å². The second kappa shape index (κ2) is 10.3. The molecule has 0 atom stereocenters. The number of carbonyl (C=O) groups is 2. The molecule has 2 heterocycles. The van der Waals surface area contributed by atoms with Crippen LogP contribution in [0.2, 0.25) is 0 Å². The van der Waals surface area contributed by atoms with E-state index in [1.807, 2.05) is 6.07 Å². The molecule has 0 spiro atoms. The van der Waals surface area contributed by atoms with Gasteiger partial charge in [0, 0.05) is 30.7 Å². The zero-order valence-corrected chi connectivity index (χ0v) is 16.9. The first-order chi connectivity index (χ1) is 14.6. The first-order valence-electron chi connectivity index (χ1n) is 10.1. The summed E-state index contributed by atoms with van der Waals surface area (Å²) in [5, 5.41) is 5.16. The minimum absolute atomic E-state index is 0.106. The van der Waals surface area contributed by atoms with E-state index in [0.29, 0.717) is 23.7 Å². The molecule has 0 unspecified atom stereocenters. The first-order valence-corrected chi connectivity index (χ1v) is 10.1. The molecule has 0 aliphatic rings. The van der Waals surface area contributed by atoms with Gasteiger partial charge in [-0.25, -0.2) is 4.68 Å². The fraction of sp³-hybridized carbons (Fsp3) is 0.318. The monoisotopic (exact) mass is 407 g/mol. The zero-order valence-electron chi connectivity index (χ0n) is 16.9. The predicted molar refractivity (Wildman–Crippen MR) is 114 cm³/mol. The lowest BCUT2D eigenvalue weighted by atomic mass is 10.1. The van der Waals surface area contributed by atoms with Gasteiger partial charge in [0.05, 0.1) is 5.39 Å². The number of rotatable bonds is 8. The van der Waals surface area contributed by atoms with Crippen LogP contribution in [0.3, 0.4) is 0 Å². The number of carbonyl (C=O) groups excluding carboxylic acids is 2. The highest BCUT2D eigenvalue weighted by Crippen LogP contribution is 2.13. The quantitative estimate of drug-likeness (QED) is 0.440. The average Bonchev–Trinajstić information content (AvgIpc) is 2.78. The number of amides is 2. The molecule has 0 radical (unpaired) electrons. The van der Waals surface area contributed by atoms with E-state index >= 15 is 0 Å². The van der Waals surface area contributed by atoms with Crippen LogP contribution in [0, 0.1) is 0 Å². The number of fused-ring (bicyclic) bond motifs is 1. The maximum absolute atomic E-state index is 12.7. The number of unbranched alkanes of at least 4 members (excludes halogenated alkanes) is 2. The van der Waals surface area contributed by atoms with Gasteiger partial charge in [-0.1, -0.05) is 44.0 Å². The van der Waals surface area contributed by atoms with Gasteiger partial charge >= 0.3 is 0 Å². The van der Waals surface area contributed by atoms with Crippen LogP contribution in [0.4, 0.5) is 0 Å². The number of aryl methyl sites for hydroxylation is 2. The van der Waals surface area contributed by atoms with Crippen LogP contribution < -0.4 is 16.4 Å². The standard InChI is InChI=1S/C22H25N5O3/c1-2-3-6-14-27-22(30)18-10-5-4-9-17(18)20(26-27)21(29)25-24-19(28)12-11-16-8-7-13-23-15-16/h4-5,7-10,13,15H,2-3,6,11-12,14H2,1H3,(H,24,28)(H,25,29). The van der Waals surface area contributed by atoms with E-state index < -0.39 is 5.91 Å². The molecule has 8 nitrogen and oxygen atoms in total. The molecule has 2 aromatic heterocycles. The Bertz CT molecular complexity index is 1080. The summed E-state index contributed by atoms with van der Waals surface area (Å²) < 4.78 is 1.33. The van der Waals surface area contributed by atoms with Crippen molar-refractivity contribution < 1.29 is 9.59 Å². The fourth-order valence-corrected chi connectivity index (χ4v) is 3.12. The van der Waals surface area contributed by atoms with Crippen LogP contribution in [-0.2, 0) is 17.8 Å². The summed E-state index contributed by atoms with van der Waals surface area (Å²) in [5.41, 5.74) is 5.64. The lowest BCUT2D eigenvalue weighted by Crippen LogP contribution is -2.43. The number of aromatic nitrogens is 3. The van der Waals surface area contributed by atoms with Crippen molar-refractivity contribution >= 4 is 22.6 Å². The van der Waals surface area contributed by atoms with Crippen LogP contribution in [0.1, 0.15) is 48.7 Å². The van der Waals surface area contributed by atoms with Gasteiger partial charge in [0.1, 0.15) is 0 Å². The van der Waals surface area contributed by atoms with Gasteiger partial charge in [-0.2, -0.15) is 5.10 Å². The summed E-state index contributed by atoms with van der Waals surface area (Å²) >= 11 is 0. The van der Waals surface area contributed by atoms with Crippen molar-refractivity contribution in [3.05, 3.63) is 70.4 Å². The smallest absolute Gasteiger partial charge is 0.273 e. The highest BCUT2D eigenvalue weighted by molar-refractivity contribution is 6.05. The van der Waals surface area contributed by atoms with E-state index in [9.17, 15) is 14.4 Å². The molecule has 0 saturated carbocycles. The van der Waals surface area contributed by atoms with Gasteiger partial charge in [0.15, 0.2) is 5.69 Å². The largest absolute Gasteiger partial charge is 0.290 e. The SMILES string of the molecule is CCCCCn1nc(C(=O)NNC(=O)CCc2cccnc2)c2ccccc2c1=O. The normalized spacial score (nSPS) is 10.7. The molecule has 2 amide bonds. The molecule has 3 rings (SSSR count). The molecule has 156 valence electrons. The van der Waals surface area contributed by atoms with E-state index in [-0.39, 0.29) is 23.6 Å². The number of hydrazine groups is 1. The van der Waals surface area contributed by atoms with Crippen molar-refractivity contribution in [1.82, 2.24) is 25.6 Å². The van der Waals surface area contributed by atoms with E-state index in [1.54, 1.807) is 42.7 Å². The Morgan fingerprint density at radius 1 is 1.03 bits per heavy atom. The van der Waals surface area contributed by atoms with Gasteiger partial charge in [-0.15, -0.1) is 0 Å². The maximum atomic E-state index is 12.7. The van der Waals surface area contributed by atoms with Crippen LogP contribution >= 0.6 is 0 Å². The lowest BCUT2D eigenvalue weighted by Gasteiger charge is -2.12. The average molecular weight is 407 g/mol. The Kier molecular flexibility index (Phi) is 7.26. The molecule has 3 aromatic rings. The second-order valence-corrected chi connectivity index (χ2v) is 6.99. The predicted octanol–water partition coefficient (Wildman–Crippen LogP) is 2.38. The summed E-state index contributed by atoms with van der Waals surface area (Å²) in [6.45, 7) is 2.52. The Labute approximate surface area is 174 Å². The van der Waals surface area contributed by atoms with E-state index in [1.165, 1.54) is 4.68 Å². The van der Waals surface area contributed by atoms with E-state index in [4.69, 9.17) is 0 Å². The second-order valence-electron chi connectivity index (χ2n) is 6.99. The van der Waals surface area contributed by atoms with Gasteiger partial charge in [0.2, 0.25) is 5.91 Å². The number of hydrogen-bond acceptors (Lipinski definition) is 5. The Hall–Kier alpha value is -3.55. The first kappa shape index (κ1) is 21.2. The van der Waals surface area contributed by atoms with Crippen LogP contribution in [-0.4, -0.2) is 26.6 Å². The van der Waals surface area contributed by atoms with Crippen LogP contribution in [0.15, 0.2) is 53.6 Å². The van der Waals surface area contributed by atoms with Crippen molar-refractivity contribution in [3.63, 3.8) is 0 Å². The third-order valence-corrected chi connectivity index (χ3v) is 4.74. The molecule has 0 bridgehead atoms. The summed E-state index contributed by atoms with van der Waals surface area (Å²) in [6.07, 6.45) is 6.87. The molecule has 2 N–H and O–H groups in total. The van der Waals surface area contributed by atoms with Crippen LogP contribution in [0.5, 0.6) is 0 Å². The molecule has 0 aliphatic heterocycles. The highest BCUT2D eigenvalue weighted by atomic mass is 16.2. The molecule has 0 saturated heterocycles. The number of pyridine rings is 1. The summed E-state index contributed by atoms with van der Waals surface area (Å²) in [6, 6.07) is 10.5. The topological polar surface area (TPSA) is 106 Å². The third-order valence-electron chi connectivity index (χ3n) is 4.74. The summed E-state index contributed by atoms with van der Waals surface area (Å²) in [5.74, 6) is -0.891. The van der Waals surface area contributed by atoms with E-state index in [2.05, 4.69) is 27.9 Å². The van der Waals surface area contributed by atoms with Gasteiger partial charge < -0.3 is 0 Å². The van der Waals surface area contributed by atoms with Crippen molar-refractivity contribution in [2.45, 2.75) is 45.6 Å². The Morgan fingerprint density at radius 2 is 1.83 bits per heavy atom. The van der Waals surface area contributed by atoms with Gasteiger partial charge in [-0.05, 0) is 30.5 Å². The van der Waals surface area contributed by atoms with E-state index in [0.717, 1.165) is 24.8 Å². The molecule has 8 heteroatoms. The summed E-state index contributed by atoms with van der Waals surface area (Å²) in [4.78, 5) is 41.5. The minimum atomic E-state index is -0.565. The summed E-state index contributed by atoms with van der Waals surface area (Å²) in [7, 11) is 0. The molecule has 0 fully saturated rings. The lowest BCUT2D eigenvalue weighted by molar-refractivity contribution is -0.121. The minimum Gasteiger partial charge on any atom is -0.273 e.